The number of esters is 1. The van der Waals surface area contributed by atoms with Crippen LogP contribution in [-0.2, 0) is 9.53 Å². The second kappa shape index (κ2) is 9.97. The second-order valence-corrected chi connectivity index (χ2v) is 3.79. The molecule has 15 heavy (non-hydrogen) atoms. The van der Waals surface area contributed by atoms with Crippen LogP contribution < -0.4 is 0 Å². The summed E-state index contributed by atoms with van der Waals surface area (Å²) in [5, 5.41) is 0. The largest absolute Gasteiger partial charge is 0.465 e. The minimum absolute atomic E-state index is 0.0929. The van der Waals surface area contributed by atoms with Crippen molar-refractivity contribution in [3.05, 3.63) is 0 Å². The fourth-order valence-electron chi connectivity index (χ4n) is 1.42. The minimum Gasteiger partial charge on any atom is -0.465 e. The SMILES string of the molecule is CCCCN(CCCC)CC(=O)OCC. The van der Waals surface area contributed by atoms with Crippen LogP contribution in [0.2, 0.25) is 0 Å². The predicted octanol–water partition coefficient (Wildman–Crippen LogP) is 2.45. The molecule has 0 saturated heterocycles. The number of rotatable bonds is 9. The van der Waals surface area contributed by atoms with Gasteiger partial charge in [-0.3, -0.25) is 9.69 Å². The van der Waals surface area contributed by atoms with Crippen molar-refractivity contribution in [1.82, 2.24) is 4.90 Å². The maximum atomic E-state index is 11.3. The van der Waals surface area contributed by atoms with E-state index in [4.69, 9.17) is 4.74 Å². The average Bonchev–Trinajstić information content (AvgIpc) is 2.22. The number of hydrogen-bond acceptors (Lipinski definition) is 3. The summed E-state index contributed by atoms with van der Waals surface area (Å²) < 4.78 is 4.95. The molecule has 0 rings (SSSR count). The van der Waals surface area contributed by atoms with Gasteiger partial charge in [-0.15, -0.1) is 0 Å². The first-order chi connectivity index (χ1) is 7.24. The lowest BCUT2D eigenvalue weighted by Gasteiger charge is -2.20. The molecule has 0 saturated carbocycles. The van der Waals surface area contributed by atoms with Gasteiger partial charge in [0.1, 0.15) is 0 Å². The molecule has 0 aromatic heterocycles. The van der Waals surface area contributed by atoms with Gasteiger partial charge in [0.2, 0.25) is 0 Å². The molecule has 0 amide bonds. The number of ether oxygens (including phenoxy) is 1. The molecule has 0 atom stereocenters. The van der Waals surface area contributed by atoms with Gasteiger partial charge in [0.05, 0.1) is 13.2 Å². The molecule has 3 nitrogen and oxygen atoms in total. The van der Waals surface area contributed by atoms with Crippen molar-refractivity contribution in [1.29, 1.82) is 0 Å². The molecule has 0 bridgehead atoms. The van der Waals surface area contributed by atoms with E-state index in [1.165, 1.54) is 12.8 Å². The van der Waals surface area contributed by atoms with E-state index in [-0.39, 0.29) is 5.97 Å². The predicted molar refractivity (Wildman–Crippen MR) is 62.9 cm³/mol. The van der Waals surface area contributed by atoms with Gasteiger partial charge in [0.25, 0.3) is 0 Å². The Bertz CT molecular complexity index is 152. The first-order valence-electron chi connectivity index (χ1n) is 6.12. The lowest BCUT2D eigenvalue weighted by atomic mass is 10.2. The van der Waals surface area contributed by atoms with E-state index in [0.29, 0.717) is 13.2 Å². The van der Waals surface area contributed by atoms with Gasteiger partial charge in [0, 0.05) is 0 Å². The van der Waals surface area contributed by atoms with E-state index in [0.717, 1.165) is 25.9 Å². The Morgan fingerprint density at radius 3 is 2.00 bits per heavy atom. The molecular formula is C12H25NO2. The summed E-state index contributed by atoms with van der Waals surface area (Å²) in [6.45, 7) is 9.14. The van der Waals surface area contributed by atoms with E-state index >= 15 is 0 Å². The highest BCUT2D eigenvalue weighted by Crippen LogP contribution is 1.99. The molecule has 0 radical (unpaired) electrons. The van der Waals surface area contributed by atoms with Crippen LogP contribution in [0, 0.1) is 0 Å². The van der Waals surface area contributed by atoms with E-state index in [2.05, 4.69) is 18.7 Å². The van der Waals surface area contributed by atoms with Crippen molar-refractivity contribution in [3.63, 3.8) is 0 Å². The summed E-state index contributed by atoms with van der Waals surface area (Å²) in [6.07, 6.45) is 4.66. The third-order valence-corrected chi connectivity index (χ3v) is 2.31. The Balaban J connectivity index is 3.82. The Morgan fingerprint density at radius 1 is 1.07 bits per heavy atom. The van der Waals surface area contributed by atoms with E-state index in [1.54, 1.807) is 0 Å². The van der Waals surface area contributed by atoms with Crippen molar-refractivity contribution in [2.75, 3.05) is 26.2 Å². The van der Waals surface area contributed by atoms with Gasteiger partial charge in [-0.1, -0.05) is 26.7 Å². The third-order valence-electron chi connectivity index (χ3n) is 2.31. The second-order valence-electron chi connectivity index (χ2n) is 3.79. The van der Waals surface area contributed by atoms with Crippen molar-refractivity contribution in [2.45, 2.75) is 46.5 Å². The maximum absolute atomic E-state index is 11.3. The quantitative estimate of drug-likeness (QED) is 0.553. The number of carbonyl (C=O) groups is 1. The standard InChI is InChI=1S/C12H25NO2/c1-4-7-9-13(10-8-5-2)11-12(14)15-6-3/h4-11H2,1-3H3. The van der Waals surface area contributed by atoms with Gasteiger partial charge in [-0.25, -0.2) is 0 Å². The smallest absolute Gasteiger partial charge is 0.320 e. The van der Waals surface area contributed by atoms with Crippen LogP contribution in [0.15, 0.2) is 0 Å². The lowest BCUT2D eigenvalue weighted by Crippen LogP contribution is -2.32. The number of carbonyl (C=O) groups excluding carboxylic acids is 1. The van der Waals surface area contributed by atoms with Crippen molar-refractivity contribution >= 4 is 5.97 Å². The molecule has 0 spiro atoms. The topological polar surface area (TPSA) is 29.5 Å². The van der Waals surface area contributed by atoms with Gasteiger partial charge < -0.3 is 4.74 Å². The summed E-state index contributed by atoms with van der Waals surface area (Å²) in [7, 11) is 0. The molecule has 0 aromatic rings. The normalized spacial score (nSPS) is 10.7. The first-order valence-corrected chi connectivity index (χ1v) is 6.12. The van der Waals surface area contributed by atoms with Gasteiger partial charge in [-0.05, 0) is 32.9 Å². The van der Waals surface area contributed by atoms with Gasteiger partial charge >= 0.3 is 5.97 Å². The fourth-order valence-corrected chi connectivity index (χ4v) is 1.42. The zero-order valence-corrected chi connectivity index (χ0v) is 10.4. The van der Waals surface area contributed by atoms with E-state index in [9.17, 15) is 4.79 Å². The first kappa shape index (κ1) is 14.4. The molecular weight excluding hydrogens is 190 g/mol. The summed E-state index contributed by atoms with van der Waals surface area (Å²) >= 11 is 0. The van der Waals surface area contributed by atoms with E-state index < -0.39 is 0 Å². The summed E-state index contributed by atoms with van der Waals surface area (Å²) in [4.78, 5) is 13.5. The Kier molecular flexibility index (Phi) is 9.59. The fraction of sp³-hybridized carbons (Fsp3) is 0.917. The highest BCUT2D eigenvalue weighted by Gasteiger charge is 2.09. The molecule has 0 unspecified atom stereocenters. The molecule has 0 N–H and O–H groups in total. The highest BCUT2D eigenvalue weighted by molar-refractivity contribution is 5.71. The molecule has 0 aliphatic rings. The van der Waals surface area contributed by atoms with Crippen LogP contribution in [0.3, 0.4) is 0 Å². The van der Waals surface area contributed by atoms with Gasteiger partial charge in [0.15, 0.2) is 0 Å². The average molecular weight is 215 g/mol. The zero-order chi connectivity index (χ0) is 11.5. The Hall–Kier alpha value is -0.570. The zero-order valence-electron chi connectivity index (χ0n) is 10.4. The molecule has 0 fully saturated rings. The van der Waals surface area contributed by atoms with Crippen LogP contribution >= 0.6 is 0 Å². The molecule has 90 valence electrons. The Morgan fingerprint density at radius 2 is 1.60 bits per heavy atom. The van der Waals surface area contributed by atoms with Crippen LogP contribution in [0.4, 0.5) is 0 Å². The highest BCUT2D eigenvalue weighted by atomic mass is 16.5. The summed E-state index contributed by atoms with van der Waals surface area (Å²) in [6, 6.07) is 0. The van der Waals surface area contributed by atoms with Crippen molar-refractivity contribution in [2.24, 2.45) is 0 Å². The minimum atomic E-state index is -0.0929. The Labute approximate surface area is 93.8 Å². The van der Waals surface area contributed by atoms with Crippen LogP contribution in [-0.4, -0.2) is 37.1 Å². The lowest BCUT2D eigenvalue weighted by molar-refractivity contribution is -0.144. The van der Waals surface area contributed by atoms with Crippen LogP contribution in [0.5, 0.6) is 0 Å². The molecule has 0 aliphatic heterocycles. The van der Waals surface area contributed by atoms with Crippen molar-refractivity contribution < 1.29 is 9.53 Å². The molecule has 0 aliphatic carbocycles. The third kappa shape index (κ3) is 8.43. The van der Waals surface area contributed by atoms with E-state index in [1.807, 2.05) is 6.92 Å². The number of hydrogen-bond donors (Lipinski definition) is 0. The van der Waals surface area contributed by atoms with Crippen molar-refractivity contribution in [3.8, 4) is 0 Å². The van der Waals surface area contributed by atoms with Gasteiger partial charge in [-0.2, -0.15) is 0 Å². The maximum Gasteiger partial charge on any atom is 0.320 e. The summed E-state index contributed by atoms with van der Waals surface area (Å²) in [5.74, 6) is -0.0929. The molecule has 0 heterocycles. The number of unbranched alkanes of at least 4 members (excludes halogenated alkanes) is 2. The monoisotopic (exact) mass is 215 g/mol. The molecule has 0 aromatic carbocycles. The van der Waals surface area contributed by atoms with Crippen LogP contribution in [0.1, 0.15) is 46.5 Å². The summed E-state index contributed by atoms with van der Waals surface area (Å²) in [5.41, 5.74) is 0. The van der Waals surface area contributed by atoms with Crippen LogP contribution in [0.25, 0.3) is 0 Å². The molecule has 3 heteroatoms. The number of nitrogens with zero attached hydrogens (tertiary/aromatic N) is 1.